The molecule has 0 saturated carbocycles. The predicted molar refractivity (Wildman–Crippen MR) is 78.2 cm³/mol. The van der Waals surface area contributed by atoms with Crippen molar-refractivity contribution >= 4 is 0 Å². The van der Waals surface area contributed by atoms with Gasteiger partial charge in [-0.1, -0.05) is 24.6 Å². The molecule has 1 atom stereocenters. The quantitative estimate of drug-likeness (QED) is 0.709. The van der Waals surface area contributed by atoms with Crippen LogP contribution in [0.5, 0.6) is 5.75 Å². The summed E-state index contributed by atoms with van der Waals surface area (Å²) in [6, 6.07) is 8.80. The Morgan fingerprint density at radius 1 is 1.33 bits per heavy atom. The largest absolute Gasteiger partial charge is 0.497 e. The first-order chi connectivity index (χ1) is 8.65. The van der Waals surface area contributed by atoms with Crippen molar-refractivity contribution in [2.75, 3.05) is 13.7 Å². The molecule has 0 spiro atoms. The van der Waals surface area contributed by atoms with E-state index in [4.69, 9.17) is 4.74 Å². The van der Waals surface area contributed by atoms with Gasteiger partial charge in [0.25, 0.3) is 0 Å². The van der Waals surface area contributed by atoms with Crippen LogP contribution in [-0.4, -0.2) is 19.7 Å². The number of hydrogen-bond acceptors (Lipinski definition) is 2. The molecule has 0 heterocycles. The van der Waals surface area contributed by atoms with E-state index in [1.807, 2.05) is 12.1 Å². The number of benzene rings is 1. The molecule has 1 N–H and O–H groups in total. The van der Waals surface area contributed by atoms with Crippen LogP contribution in [0.4, 0.5) is 0 Å². The molecule has 2 heteroatoms. The van der Waals surface area contributed by atoms with Crippen molar-refractivity contribution in [3.63, 3.8) is 0 Å². The first-order valence-electron chi connectivity index (χ1n) is 6.66. The fourth-order valence-electron chi connectivity index (χ4n) is 2.03. The molecule has 0 aliphatic carbocycles. The fraction of sp³-hybridized carbons (Fsp3) is 0.500. The second-order valence-electron chi connectivity index (χ2n) is 4.86. The third kappa shape index (κ3) is 5.37. The molecular weight excluding hydrogens is 222 g/mol. The molecule has 0 amide bonds. The van der Waals surface area contributed by atoms with Gasteiger partial charge in [0.15, 0.2) is 0 Å². The molecule has 0 bridgehead atoms. The maximum absolute atomic E-state index is 5.17. The van der Waals surface area contributed by atoms with Crippen LogP contribution in [-0.2, 0) is 6.42 Å². The van der Waals surface area contributed by atoms with Crippen LogP contribution in [0, 0.1) is 0 Å². The van der Waals surface area contributed by atoms with E-state index in [0.29, 0.717) is 6.04 Å². The molecule has 0 radical (unpaired) electrons. The van der Waals surface area contributed by atoms with Crippen LogP contribution in [0.25, 0.3) is 0 Å². The van der Waals surface area contributed by atoms with Gasteiger partial charge in [0.1, 0.15) is 5.75 Å². The van der Waals surface area contributed by atoms with Crippen LogP contribution in [0.1, 0.15) is 32.3 Å². The summed E-state index contributed by atoms with van der Waals surface area (Å²) in [5, 5.41) is 3.59. The summed E-state index contributed by atoms with van der Waals surface area (Å²) < 4.78 is 5.17. The van der Waals surface area contributed by atoms with Gasteiger partial charge in [-0.15, -0.1) is 6.58 Å². The van der Waals surface area contributed by atoms with E-state index < -0.39 is 0 Å². The van der Waals surface area contributed by atoms with Crippen LogP contribution in [0.2, 0.25) is 0 Å². The minimum absolute atomic E-state index is 0.482. The summed E-state index contributed by atoms with van der Waals surface area (Å²) in [6.45, 7) is 9.36. The monoisotopic (exact) mass is 247 g/mol. The van der Waals surface area contributed by atoms with Crippen LogP contribution in [0.15, 0.2) is 36.4 Å². The molecular formula is C16H25NO. The Bertz CT molecular complexity index is 356. The number of hydrogen-bond donors (Lipinski definition) is 1. The molecule has 100 valence electrons. The van der Waals surface area contributed by atoms with Crippen molar-refractivity contribution in [1.29, 1.82) is 0 Å². The highest BCUT2D eigenvalue weighted by Crippen LogP contribution is 2.14. The SMILES string of the molecule is C=C(C)CC(Cc1ccc(OC)cc1)NCCC. The van der Waals surface area contributed by atoms with Gasteiger partial charge >= 0.3 is 0 Å². The standard InChI is InChI=1S/C16H25NO/c1-5-10-17-15(11-13(2)3)12-14-6-8-16(18-4)9-7-14/h6-9,15,17H,2,5,10-12H2,1,3-4H3. The zero-order valence-corrected chi connectivity index (χ0v) is 11.8. The Labute approximate surface area is 111 Å². The van der Waals surface area contributed by atoms with E-state index >= 15 is 0 Å². The molecule has 0 aliphatic rings. The van der Waals surface area contributed by atoms with E-state index in [2.05, 4.69) is 37.9 Å². The normalized spacial score (nSPS) is 12.2. The van der Waals surface area contributed by atoms with E-state index in [1.54, 1.807) is 7.11 Å². The molecule has 1 rings (SSSR count). The van der Waals surface area contributed by atoms with Crippen LogP contribution in [0.3, 0.4) is 0 Å². The van der Waals surface area contributed by atoms with Gasteiger partial charge in [-0.25, -0.2) is 0 Å². The van der Waals surface area contributed by atoms with Gasteiger partial charge in [-0.2, -0.15) is 0 Å². The maximum Gasteiger partial charge on any atom is 0.118 e. The van der Waals surface area contributed by atoms with Crippen LogP contribution >= 0.6 is 0 Å². The Morgan fingerprint density at radius 3 is 2.50 bits per heavy atom. The predicted octanol–water partition coefficient (Wildman–Crippen LogP) is 3.57. The maximum atomic E-state index is 5.17. The minimum atomic E-state index is 0.482. The van der Waals surface area contributed by atoms with Crippen molar-refractivity contribution in [2.24, 2.45) is 0 Å². The lowest BCUT2D eigenvalue weighted by Crippen LogP contribution is -2.32. The molecule has 1 unspecified atom stereocenters. The second kappa shape index (κ2) is 7.93. The zero-order chi connectivity index (χ0) is 13.4. The minimum Gasteiger partial charge on any atom is -0.497 e. The van der Waals surface area contributed by atoms with Crippen molar-refractivity contribution in [3.8, 4) is 5.75 Å². The Balaban J connectivity index is 2.59. The summed E-state index contributed by atoms with van der Waals surface area (Å²) >= 11 is 0. The molecule has 1 aromatic rings. The summed E-state index contributed by atoms with van der Waals surface area (Å²) in [6.07, 6.45) is 3.23. The van der Waals surface area contributed by atoms with Crippen molar-refractivity contribution in [2.45, 2.75) is 39.2 Å². The van der Waals surface area contributed by atoms with Crippen molar-refractivity contribution in [3.05, 3.63) is 42.0 Å². The first-order valence-corrected chi connectivity index (χ1v) is 6.66. The Kier molecular flexibility index (Phi) is 6.51. The van der Waals surface area contributed by atoms with Gasteiger partial charge in [0, 0.05) is 6.04 Å². The van der Waals surface area contributed by atoms with Gasteiger partial charge in [0.2, 0.25) is 0 Å². The summed E-state index contributed by atoms with van der Waals surface area (Å²) in [4.78, 5) is 0. The lowest BCUT2D eigenvalue weighted by atomic mass is 10.00. The van der Waals surface area contributed by atoms with Gasteiger partial charge in [0.05, 0.1) is 7.11 Å². The lowest BCUT2D eigenvalue weighted by Gasteiger charge is -2.19. The highest BCUT2D eigenvalue weighted by Gasteiger charge is 2.09. The molecule has 0 aromatic heterocycles. The highest BCUT2D eigenvalue weighted by molar-refractivity contribution is 5.27. The van der Waals surface area contributed by atoms with E-state index in [-0.39, 0.29) is 0 Å². The number of rotatable bonds is 8. The average Bonchev–Trinajstić information content (AvgIpc) is 2.36. The lowest BCUT2D eigenvalue weighted by molar-refractivity contribution is 0.414. The average molecular weight is 247 g/mol. The Morgan fingerprint density at radius 2 is 2.00 bits per heavy atom. The molecule has 2 nitrogen and oxygen atoms in total. The molecule has 0 fully saturated rings. The van der Waals surface area contributed by atoms with Gasteiger partial charge in [-0.05, 0) is 50.4 Å². The van der Waals surface area contributed by atoms with Crippen molar-refractivity contribution < 1.29 is 4.74 Å². The fourth-order valence-corrected chi connectivity index (χ4v) is 2.03. The molecule has 18 heavy (non-hydrogen) atoms. The number of ether oxygens (including phenoxy) is 1. The van der Waals surface area contributed by atoms with E-state index in [1.165, 1.54) is 11.1 Å². The molecule has 0 saturated heterocycles. The zero-order valence-electron chi connectivity index (χ0n) is 11.8. The van der Waals surface area contributed by atoms with Gasteiger partial charge in [-0.3, -0.25) is 0 Å². The van der Waals surface area contributed by atoms with Crippen molar-refractivity contribution in [1.82, 2.24) is 5.32 Å². The third-order valence-electron chi connectivity index (χ3n) is 2.92. The molecule has 0 aliphatic heterocycles. The Hall–Kier alpha value is -1.28. The van der Waals surface area contributed by atoms with Gasteiger partial charge < -0.3 is 10.1 Å². The summed E-state index contributed by atoms with van der Waals surface area (Å²) in [5.41, 5.74) is 2.57. The second-order valence-corrected chi connectivity index (χ2v) is 4.86. The highest BCUT2D eigenvalue weighted by atomic mass is 16.5. The topological polar surface area (TPSA) is 21.3 Å². The van der Waals surface area contributed by atoms with Crippen LogP contribution < -0.4 is 10.1 Å². The van der Waals surface area contributed by atoms with E-state index in [0.717, 1.165) is 31.6 Å². The van der Waals surface area contributed by atoms with E-state index in [9.17, 15) is 0 Å². The third-order valence-corrected chi connectivity index (χ3v) is 2.92. The number of methoxy groups -OCH3 is 1. The number of nitrogens with one attached hydrogen (secondary N) is 1. The summed E-state index contributed by atoms with van der Waals surface area (Å²) in [7, 11) is 1.70. The molecule has 1 aromatic carbocycles. The summed E-state index contributed by atoms with van der Waals surface area (Å²) in [5.74, 6) is 0.914. The first kappa shape index (κ1) is 14.8. The smallest absolute Gasteiger partial charge is 0.118 e.